The minimum Gasteiger partial charge on any atom is -0.350 e. The Hall–Kier alpha value is -4.37. The molecular formula is C27H22N4O2. The monoisotopic (exact) mass is 434 g/mol. The van der Waals surface area contributed by atoms with Crippen LogP contribution in [-0.4, -0.2) is 28.3 Å². The molecule has 5 rings (SSSR count). The van der Waals surface area contributed by atoms with Gasteiger partial charge in [-0.05, 0) is 35.9 Å². The second kappa shape index (κ2) is 7.95. The summed E-state index contributed by atoms with van der Waals surface area (Å²) < 4.78 is 2.02. The Bertz CT molecular complexity index is 1450. The second-order valence-corrected chi connectivity index (χ2v) is 8.32. The molecular weight excluding hydrogens is 412 g/mol. The van der Waals surface area contributed by atoms with Crippen LogP contribution in [0.5, 0.6) is 0 Å². The highest BCUT2D eigenvalue weighted by atomic mass is 16.2. The minimum absolute atomic E-state index is 0.112. The first-order chi connectivity index (χ1) is 16.0. The van der Waals surface area contributed by atoms with Gasteiger partial charge in [-0.2, -0.15) is 5.26 Å². The van der Waals surface area contributed by atoms with Crippen LogP contribution in [0.4, 0.5) is 5.69 Å². The van der Waals surface area contributed by atoms with Crippen LogP contribution in [0.3, 0.4) is 0 Å². The second-order valence-electron chi connectivity index (χ2n) is 8.32. The van der Waals surface area contributed by atoms with Gasteiger partial charge in [0.2, 0.25) is 5.91 Å². The summed E-state index contributed by atoms with van der Waals surface area (Å²) in [5.74, 6) is -0.964. The van der Waals surface area contributed by atoms with E-state index in [4.69, 9.17) is 0 Å². The highest BCUT2D eigenvalue weighted by Gasteiger charge is 2.43. The van der Waals surface area contributed by atoms with Gasteiger partial charge in [0.05, 0.1) is 23.6 Å². The van der Waals surface area contributed by atoms with Crippen molar-refractivity contribution in [3.63, 3.8) is 0 Å². The van der Waals surface area contributed by atoms with Crippen molar-refractivity contribution in [1.82, 2.24) is 9.47 Å². The highest BCUT2D eigenvalue weighted by molar-refractivity contribution is 6.05. The highest BCUT2D eigenvalue weighted by Crippen LogP contribution is 2.44. The summed E-state index contributed by atoms with van der Waals surface area (Å²) in [5.41, 5.74) is 4.20. The first kappa shape index (κ1) is 20.5. The van der Waals surface area contributed by atoms with Crippen molar-refractivity contribution in [2.45, 2.75) is 12.0 Å². The molecule has 0 aliphatic carbocycles. The van der Waals surface area contributed by atoms with Gasteiger partial charge < -0.3 is 14.8 Å². The Balaban J connectivity index is 1.67. The van der Waals surface area contributed by atoms with Gasteiger partial charge in [-0.3, -0.25) is 9.59 Å². The van der Waals surface area contributed by atoms with Crippen molar-refractivity contribution in [3.8, 4) is 6.07 Å². The molecule has 0 saturated heterocycles. The summed E-state index contributed by atoms with van der Waals surface area (Å²) in [7, 11) is 3.72. The molecule has 0 fully saturated rings. The van der Waals surface area contributed by atoms with Crippen LogP contribution in [0.15, 0.2) is 79.0 Å². The van der Waals surface area contributed by atoms with Gasteiger partial charge in [0, 0.05) is 48.0 Å². The lowest BCUT2D eigenvalue weighted by molar-refractivity contribution is -0.119. The number of benzene rings is 3. The van der Waals surface area contributed by atoms with E-state index in [-0.39, 0.29) is 11.8 Å². The molecule has 162 valence electrons. The molecule has 4 aromatic rings. The zero-order valence-corrected chi connectivity index (χ0v) is 18.3. The van der Waals surface area contributed by atoms with E-state index in [1.54, 1.807) is 42.3 Å². The lowest BCUT2D eigenvalue weighted by atomic mass is 9.79. The van der Waals surface area contributed by atoms with E-state index in [2.05, 4.69) is 11.4 Å². The minimum atomic E-state index is -0.625. The van der Waals surface area contributed by atoms with E-state index >= 15 is 0 Å². The lowest BCUT2D eigenvalue weighted by Gasteiger charge is -2.39. The van der Waals surface area contributed by atoms with Crippen LogP contribution in [0.25, 0.3) is 10.9 Å². The molecule has 33 heavy (non-hydrogen) atoms. The maximum absolute atomic E-state index is 13.8. The number of carbonyl (C=O) groups is 2. The summed E-state index contributed by atoms with van der Waals surface area (Å²) in [6.45, 7) is 0. The number of amides is 2. The van der Waals surface area contributed by atoms with Gasteiger partial charge in [-0.15, -0.1) is 0 Å². The molecule has 1 aliphatic rings. The number of rotatable bonds is 3. The Morgan fingerprint density at radius 1 is 0.970 bits per heavy atom. The Labute approximate surface area is 191 Å². The first-order valence-electron chi connectivity index (χ1n) is 10.7. The fourth-order valence-electron chi connectivity index (χ4n) is 4.84. The number of aryl methyl sites for hydroxylation is 1. The molecule has 1 N–H and O–H groups in total. The predicted octanol–water partition coefficient (Wildman–Crippen LogP) is 4.60. The third-order valence-electron chi connectivity index (χ3n) is 6.37. The van der Waals surface area contributed by atoms with Crippen LogP contribution < -0.4 is 5.32 Å². The summed E-state index contributed by atoms with van der Waals surface area (Å²) >= 11 is 0. The maximum Gasteiger partial charge on any atom is 0.254 e. The van der Waals surface area contributed by atoms with Gasteiger partial charge in [-0.1, -0.05) is 42.5 Å². The van der Waals surface area contributed by atoms with Crippen molar-refractivity contribution < 1.29 is 9.59 Å². The predicted molar refractivity (Wildman–Crippen MR) is 127 cm³/mol. The van der Waals surface area contributed by atoms with Crippen molar-refractivity contribution in [1.29, 1.82) is 5.26 Å². The number of nitriles is 1. The standard InChI is InChI=1S/C27H22N4O2/c1-30-16-22(19-10-5-6-13-23(19)30)25-24(20-11-3-4-12-21(20)27(33)31(25)2)26(32)29-18-9-7-8-17(14-18)15-28/h3-14,16,24-25H,1-2H3,(H,29,32). The van der Waals surface area contributed by atoms with E-state index in [1.165, 1.54) is 0 Å². The van der Waals surface area contributed by atoms with Crippen molar-refractivity contribution >= 4 is 28.4 Å². The number of aromatic nitrogens is 1. The van der Waals surface area contributed by atoms with Gasteiger partial charge >= 0.3 is 0 Å². The van der Waals surface area contributed by atoms with E-state index in [9.17, 15) is 14.9 Å². The molecule has 1 aromatic heterocycles. The molecule has 0 spiro atoms. The topological polar surface area (TPSA) is 78.1 Å². The number of anilines is 1. The Morgan fingerprint density at radius 3 is 2.55 bits per heavy atom. The fourth-order valence-corrected chi connectivity index (χ4v) is 4.84. The summed E-state index contributed by atoms with van der Waals surface area (Å²) in [4.78, 5) is 28.7. The van der Waals surface area contributed by atoms with E-state index in [0.717, 1.165) is 16.5 Å². The number of nitrogens with zero attached hydrogens (tertiary/aromatic N) is 3. The molecule has 6 nitrogen and oxygen atoms in total. The van der Waals surface area contributed by atoms with Crippen LogP contribution in [-0.2, 0) is 11.8 Å². The van der Waals surface area contributed by atoms with Crippen molar-refractivity contribution in [2.75, 3.05) is 12.4 Å². The number of nitrogens with one attached hydrogen (secondary N) is 1. The van der Waals surface area contributed by atoms with Crippen molar-refractivity contribution in [3.05, 3.63) is 101 Å². The molecule has 1 aliphatic heterocycles. The Kier molecular flexibility index (Phi) is 4.95. The van der Waals surface area contributed by atoms with Crippen LogP contribution in [0.2, 0.25) is 0 Å². The first-order valence-corrected chi connectivity index (χ1v) is 10.7. The third kappa shape index (κ3) is 3.35. The molecule has 2 atom stereocenters. The molecule has 0 saturated carbocycles. The van der Waals surface area contributed by atoms with E-state index in [1.807, 2.05) is 60.3 Å². The van der Waals surface area contributed by atoms with Gasteiger partial charge in [0.15, 0.2) is 0 Å². The SMILES string of the molecule is CN1C(=O)c2ccccc2C(C(=O)Nc2cccc(C#N)c2)C1c1cn(C)c2ccccc12. The summed E-state index contributed by atoms with van der Waals surface area (Å²) in [6.07, 6.45) is 2.00. The fraction of sp³-hybridized carbons (Fsp3) is 0.148. The summed E-state index contributed by atoms with van der Waals surface area (Å²) in [5, 5.41) is 13.2. The number of likely N-dealkylation sites (N-methyl/N-ethyl adjacent to an activating group) is 1. The number of carbonyl (C=O) groups excluding carboxylic acids is 2. The van der Waals surface area contributed by atoms with Gasteiger partial charge in [-0.25, -0.2) is 0 Å². The van der Waals surface area contributed by atoms with E-state index < -0.39 is 12.0 Å². The molecule has 3 aromatic carbocycles. The van der Waals surface area contributed by atoms with Crippen molar-refractivity contribution in [2.24, 2.45) is 7.05 Å². The van der Waals surface area contributed by atoms with E-state index in [0.29, 0.717) is 22.4 Å². The zero-order valence-electron chi connectivity index (χ0n) is 18.3. The van der Waals surface area contributed by atoms with Gasteiger partial charge in [0.25, 0.3) is 5.91 Å². The zero-order chi connectivity index (χ0) is 23.1. The molecule has 2 amide bonds. The molecule has 2 heterocycles. The number of fused-ring (bicyclic) bond motifs is 2. The number of para-hydroxylation sites is 1. The maximum atomic E-state index is 13.8. The quantitative estimate of drug-likeness (QED) is 0.512. The molecule has 0 radical (unpaired) electrons. The number of hydrogen-bond donors (Lipinski definition) is 1. The van der Waals surface area contributed by atoms with Gasteiger partial charge in [0.1, 0.15) is 0 Å². The molecule has 2 unspecified atom stereocenters. The smallest absolute Gasteiger partial charge is 0.254 e. The average molecular weight is 434 g/mol. The van der Waals surface area contributed by atoms with Crippen LogP contribution in [0.1, 0.15) is 39.0 Å². The molecule has 0 bridgehead atoms. The lowest BCUT2D eigenvalue weighted by Crippen LogP contribution is -2.44. The van der Waals surface area contributed by atoms with Crippen LogP contribution in [0, 0.1) is 11.3 Å². The summed E-state index contributed by atoms with van der Waals surface area (Å²) in [6, 6.07) is 23.7. The molecule has 6 heteroatoms. The Morgan fingerprint density at radius 2 is 1.73 bits per heavy atom. The third-order valence-corrected chi connectivity index (χ3v) is 6.37. The largest absolute Gasteiger partial charge is 0.350 e. The van der Waals surface area contributed by atoms with Crippen LogP contribution >= 0.6 is 0 Å². The average Bonchev–Trinajstić information content (AvgIpc) is 3.17. The normalized spacial score (nSPS) is 17.5. The number of hydrogen-bond acceptors (Lipinski definition) is 3.